The van der Waals surface area contributed by atoms with Gasteiger partial charge in [-0.05, 0) is 36.1 Å². The SMILES string of the molecule is CSc1cccc(N(C)Cc2cccc(N)c2)c1C#N. The van der Waals surface area contributed by atoms with Gasteiger partial charge in [0.2, 0.25) is 0 Å². The van der Waals surface area contributed by atoms with E-state index in [0.717, 1.165) is 33.9 Å². The first-order chi connectivity index (χ1) is 9.65. The van der Waals surface area contributed by atoms with Gasteiger partial charge in [-0.25, -0.2) is 0 Å². The van der Waals surface area contributed by atoms with Crippen LogP contribution in [0.1, 0.15) is 11.1 Å². The molecule has 2 rings (SSSR count). The molecule has 3 nitrogen and oxygen atoms in total. The summed E-state index contributed by atoms with van der Waals surface area (Å²) in [5.74, 6) is 0. The van der Waals surface area contributed by atoms with Crippen molar-refractivity contribution in [3.05, 3.63) is 53.6 Å². The van der Waals surface area contributed by atoms with E-state index >= 15 is 0 Å². The molecule has 0 radical (unpaired) electrons. The van der Waals surface area contributed by atoms with Crippen LogP contribution in [0, 0.1) is 11.3 Å². The number of nitrogen functional groups attached to an aromatic ring is 1. The lowest BCUT2D eigenvalue weighted by molar-refractivity contribution is 0.918. The molecule has 0 atom stereocenters. The Balaban J connectivity index is 2.30. The maximum Gasteiger partial charge on any atom is 0.103 e. The van der Waals surface area contributed by atoms with Crippen LogP contribution in [0.25, 0.3) is 0 Å². The van der Waals surface area contributed by atoms with Crippen molar-refractivity contribution >= 4 is 23.1 Å². The average molecular weight is 283 g/mol. The normalized spacial score (nSPS) is 10.1. The Hall–Kier alpha value is -2.12. The molecule has 0 aromatic heterocycles. The summed E-state index contributed by atoms with van der Waals surface area (Å²) in [7, 11) is 1.99. The average Bonchev–Trinajstić information content (AvgIpc) is 2.46. The number of thioether (sulfide) groups is 1. The minimum atomic E-state index is 0.720. The lowest BCUT2D eigenvalue weighted by Crippen LogP contribution is -2.17. The van der Waals surface area contributed by atoms with Crippen molar-refractivity contribution in [1.82, 2.24) is 0 Å². The van der Waals surface area contributed by atoms with Crippen LogP contribution in [0.3, 0.4) is 0 Å². The molecule has 0 aliphatic heterocycles. The third-order valence-electron chi connectivity index (χ3n) is 3.12. The zero-order valence-corrected chi connectivity index (χ0v) is 12.4. The fraction of sp³-hybridized carbons (Fsp3) is 0.188. The molecule has 0 aliphatic carbocycles. The van der Waals surface area contributed by atoms with E-state index in [1.54, 1.807) is 11.8 Å². The minimum Gasteiger partial charge on any atom is -0.399 e. The third kappa shape index (κ3) is 3.06. The van der Waals surface area contributed by atoms with E-state index in [1.807, 2.05) is 55.8 Å². The summed E-state index contributed by atoms with van der Waals surface area (Å²) in [6, 6.07) is 16.1. The predicted octanol–water partition coefficient (Wildman–Crippen LogP) is 3.50. The Kier molecular flexibility index (Phi) is 4.54. The second kappa shape index (κ2) is 6.36. The summed E-state index contributed by atoms with van der Waals surface area (Å²) in [6.07, 6.45) is 1.98. The molecular formula is C16H17N3S. The van der Waals surface area contributed by atoms with Crippen LogP contribution < -0.4 is 10.6 Å². The summed E-state index contributed by atoms with van der Waals surface area (Å²) in [4.78, 5) is 3.08. The van der Waals surface area contributed by atoms with E-state index in [-0.39, 0.29) is 0 Å². The highest BCUT2D eigenvalue weighted by Gasteiger charge is 2.11. The van der Waals surface area contributed by atoms with Crippen molar-refractivity contribution in [1.29, 1.82) is 5.26 Å². The van der Waals surface area contributed by atoms with Gasteiger partial charge in [-0.2, -0.15) is 5.26 Å². The summed E-state index contributed by atoms with van der Waals surface area (Å²) < 4.78 is 0. The van der Waals surface area contributed by atoms with Gasteiger partial charge in [-0.3, -0.25) is 0 Å². The molecule has 0 bridgehead atoms. The van der Waals surface area contributed by atoms with Gasteiger partial charge < -0.3 is 10.6 Å². The minimum absolute atomic E-state index is 0.720. The van der Waals surface area contributed by atoms with E-state index in [2.05, 4.69) is 11.0 Å². The van der Waals surface area contributed by atoms with Gasteiger partial charge in [0.15, 0.2) is 0 Å². The van der Waals surface area contributed by atoms with Gasteiger partial charge in [-0.1, -0.05) is 18.2 Å². The first-order valence-corrected chi connectivity index (χ1v) is 7.51. The summed E-state index contributed by atoms with van der Waals surface area (Å²) >= 11 is 1.59. The van der Waals surface area contributed by atoms with Crippen molar-refractivity contribution in [3.8, 4) is 6.07 Å². The molecule has 0 spiro atoms. The van der Waals surface area contributed by atoms with Crippen LogP contribution >= 0.6 is 11.8 Å². The Bertz CT molecular complexity index is 646. The van der Waals surface area contributed by atoms with E-state index in [1.165, 1.54) is 0 Å². The molecule has 0 heterocycles. The highest BCUT2D eigenvalue weighted by Crippen LogP contribution is 2.29. The quantitative estimate of drug-likeness (QED) is 0.689. The molecule has 4 heteroatoms. The molecule has 0 unspecified atom stereocenters. The Labute approximate surface area is 124 Å². The van der Waals surface area contributed by atoms with Crippen molar-refractivity contribution in [2.45, 2.75) is 11.4 Å². The third-order valence-corrected chi connectivity index (χ3v) is 3.90. The number of nitriles is 1. The molecule has 0 amide bonds. The van der Waals surface area contributed by atoms with Crippen molar-refractivity contribution in [2.75, 3.05) is 23.9 Å². The van der Waals surface area contributed by atoms with Gasteiger partial charge in [0.25, 0.3) is 0 Å². The molecule has 2 N–H and O–H groups in total. The number of nitrogens with zero attached hydrogens (tertiary/aromatic N) is 2. The highest BCUT2D eigenvalue weighted by molar-refractivity contribution is 7.98. The first-order valence-electron chi connectivity index (χ1n) is 6.28. The van der Waals surface area contributed by atoms with Crippen molar-refractivity contribution in [3.63, 3.8) is 0 Å². The lowest BCUT2D eigenvalue weighted by Gasteiger charge is -2.21. The molecule has 20 heavy (non-hydrogen) atoms. The number of hydrogen-bond acceptors (Lipinski definition) is 4. The fourth-order valence-corrected chi connectivity index (χ4v) is 2.74. The predicted molar refractivity (Wildman–Crippen MR) is 85.9 cm³/mol. The lowest BCUT2D eigenvalue weighted by atomic mass is 10.1. The van der Waals surface area contributed by atoms with E-state index in [0.29, 0.717) is 0 Å². The first kappa shape index (κ1) is 14.3. The summed E-state index contributed by atoms with van der Waals surface area (Å²) in [5.41, 5.74) is 9.36. The standard InChI is InChI=1S/C16H17N3S/c1-19(11-12-5-3-6-13(18)9-12)15-7-4-8-16(20-2)14(15)10-17/h3-9H,11,18H2,1-2H3. The monoisotopic (exact) mass is 283 g/mol. The van der Waals surface area contributed by atoms with Crippen molar-refractivity contribution < 1.29 is 0 Å². The zero-order chi connectivity index (χ0) is 14.5. The number of anilines is 2. The highest BCUT2D eigenvalue weighted by atomic mass is 32.2. The van der Waals surface area contributed by atoms with Crippen LogP contribution in [-0.2, 0) is 6.54 Å². The maximum absolute atomic E-state index is 9.38. The Morgan fingerprint density at radius 1 is 1.25 bits per heavy atom. The van der Waals surface area contributed by atoms with Crippen molar-refractivity contribution in [2.24, 2.45) is 0 Å². The van der Waals surface area contributed by atoms with E-state index < -0.39 is 0 Å². The maximum atomic E-state index is 9.38. The topological polar surface area (TPSA) is 53.0 Å². The van der Waals surface area contributed by atoms with Gasteiger partial charge in [0.1, 0.15) is 6.07 Å². The molecule has 2 aromatic carbocycles. The molecule has 0 saturated carbocycles. The number of nitrogens with two attached hydrogens (primary N) is 1. The van der Waals surface area contributed by atoms with Crippen LogP contribution in [0.5, 0.6) is 0 Å². The van der Waals surface area contributed by atoms with Gasteiger partial charge in [0.05, 0.1) is 11.3 Å². The second-order valence-corrected chi connectivity index (χ2v) is 5.42. The second-order valence-electron chi connectivity index (χ2n) is 4.57. The van der Waals surface area contributed by atoms with Crippen LogP contribution in [0.4, 0.5) is 11.4 Å². The molecular weight excluding hydrogens is 266 g/mol. The van der Waals surface area contributed by atoms with E-state index in [4.69, 9.17) is 5.73 Å². The van der Waals surface area contributed by atoms with Crippen LogP contribution in [0.15, 0.2) is 47.4 Å². The van der Waals surface area contributed by atoms with E-state index in [9.17, 15) is 5.26 Å². The molecule has 0 saturated heterocycles. The smallest absolute Gasteiger partial charge is 0.103 e. The van der Waals surface area contributed by atoms with Crippen LogP contribution in [0.2, 0.25) is 0 Å². The van der Waals surface area contributed by atoms with Crippen LogP contribution in [-0.4, -0.2) is 13.3 Å². The molecule has 2 aromatic rings. The molecule has 0 aliphatic rings. The number of hydrogen-bond donors (Lipinski definition) is 1. The summed E-state index contributed by atoms with van der Waals surface area (Å²) in [5, 5.41) is 9.38. The fourth-order valence-electron chi connectivity index (χ4n) is 2.17. The molecule has 0 fully saturated rings. The van der Waals surface area contributed by atoms with Gasteiger partial charge in [-0.15, -0.1) is 11.8 Å². The largest absolute Gasteiger partial charge is 0.399 e. The number of rotatable bonds is 4. The Morgan fingerprint density at radius 2 is 2.00 bits per heavy atom. The van der Waals surface area contributed by atoms with Gasteiger partial charge in [0, 0.05) is 24.2 Å². The zero-order valence-electron chi connectivity index (χ0n) is 11.6. The summed E-state index contributed by atoms with van der Waals surface area (Å²) in [6.45, 7) is 0.720. The molecule has 102 valence electrons. The number of benzene rings is 2. The Morgan fingerprint density at radius 3 is 2.65 bits per heavy atom. The van der Waals surface area contributed by atoms with Gasteiger partial charge >= 0.3 is 0 Å².